The summed E-state index contributed by atoms with van der Waals surface area (Å²) in [5.74, 6) is -1.66. The van der Waals surface area contributed by atoms with Crippen LogP contribution in [0.1, 0.15) is 118 Å². The molecule has 1 rings (SSSR count). The maximum absolute atomic E-state index is 12.0. The molecule has 0 heterocycles. The minimum absolute atomic E-state index is 0.00880. The van der Waals surface area contributed by atoms with Crippen LogP contribution in [0.4, 0.5) is 0 Å². The van der Waals surface area contributed by atoms with E-state index in [-0.39, 0.29) is 11.1 Å². The van der Waals surface area contributed by atoms with Crippen molar-refractivity contribution in [2.45, 2.75) is 96.8 Å². The summed E-state index contributed by atoms with van der Waals surface area (Å²) in [6.45, 7) is 2.59. The third-order valence-electron chi connectivity index (χ3n) is 5.27. The first kappa shape index (κ1) is 25.9. The molecule has 0 saturated carbocycles. The minimum Gasteiger partial charge on any atom is -0.478 e. The molecule has 1 aromatic carbocycles. The molecule has 1 N–H and O–H groups in total. The van der Waals surface area contributed by atoms with E-state index in [0.717, 1.165) is 19.3 Å². The van der Waals surface area contributed by atoms with Gasteiger partial charge >= 0.3 is 11.9 Å². The number of allylic oxidation sites excluding steroid dienone is 2. The lowest BCUT2D eigenvalue weighted by Gasteiger charge is -2.07. The van der Waals surface area contributed by atoms with E-state index in [1.165, 1.54) is 82.8 Å². The Kier molecular flexibility index (Phi) is 15.3. The minimum atomic E-state index is -1.11. The van der Waals surface area contributed by atoms with Crippen LogP contribution in [0, 0.1) is 0 Å². The second kappa shape index (κ2) is 17.7. The molecule has 0 bridgehead atoms. The summed E-state index contributed by atoms with van der Waals surface area (Å²) in [7, 11) is 0. The number of benzene rings is 1. The average molecular weight is 417 g/mol. The monoisotopic (exact) mass is 416 g/mol. The van der Waals surface area contributed by atoms with Crippen molar-refractivity contribution in [1.29, 1.82) is 0 Å². The van der Waals surface area contributed by atoms with Gasteiger partial charge < -0.3 is 9.84 Å². The zero-order valence-electron chi connectivity index (χ0n) is 18.7. The Morgan fingerprint density at radius 2 is 1.27 bits per heavy atom. The molecule has 0 radical (unpaired) electrons. The number of carbonyl (C=O) groups is 2. The highest BCUT2D eigenvalue weighted by atomic mass is 16.5. The van der Waals surface area contributed by atoms with Crippen molar-refractivity contribution in [1.82, 2.24) is 0 Å². The number of hydrogen-bond acceptors (Lipinski definition) is 3. The Hall–Kier alpha value is -2.10. The van der Waals surface area contributed by atoms with E-state index in [1.54, 1.807) is 12.1 Å². The molecule has 0 unspecified atom stereocenters. The van der Waals surface area contributed by atoms with Crippen molar-refractivity contribution in [2.75, 3.05) is 6.61 Å². The summed E-state index contributed by atoms with van der Waals surface area (Å²) in [5, 5.41) is 9.12. The molecule has 4 nitrogen and oxygen atoms in total. The molecule has 0 fully saturated rings. The molecule has 0 aliphatic carbocycles. The fourth-order valence-corrected chi connectivity index (χ4v) is 3.44. The molecular weight excluding hydrogens is 376 g/mol. The molecule has 0 aliphatic rings. The molecule has 0 saturated heterocycles. The number of unbranched alkanes of at least 4 members (excludes halogenated alkanes) is 12. The molecule has 0 atom stereocenters. The van der Waals surface area contributed by atoms with E-state index in [0.29, 0.717) is 6.61 Å². The van der Waals surface area contributed by atoms with Gasteiger partial charge in [-0.1, -0.05) is 89.0 Å². The molecule has 0 aliphatic heterocycles. The van der Waals surface area contributed by atoms with Crippen molar-refractivity contribution in [2.24, 2.45) is 0 Å². The summed E-state index contributed by atoms with van der Waals surface area (Å²) in [6.07, 6.45) is 21.9. The normalized spacial score (nSPS) is 11.1. The summed E-state index contributed by atoms with van der Waals surface area (Å²) in [4.78, 5) is 23.2. The molecule has 30 heavy (non-hydrogen) atoms. The van der Waals surface area contributed by atoms with Crippen molar-refractivity contribution in [3.63, 3.8) is 0 Å². The van der Waals surface area contributed by atoms with Gasteiger partial charge in [0, 0.05) is 0 Å². The summed E-state index contributed by atoms with van der Waals surface area (Å²) >= 11 is 0. The number of esters is 1. The number of aromatic carboxylic acids is 1. The van der Waals surface area contributed by atoms with Crippen molar-refractivity contribution < 1.29 is 19.4 Å². The third kappa shape index (κ3) is 12.5. The van der Waals surface area contributed by atoms with Gasteiger partial charge in [-0.15, -0.1) is 0 Å². The van der Waals surface area contributed by atoms with Gasteiger partial charge in [0.05, 0.1) is 17.7 Å². The van der Waals surface area contributed by atoms with E-state index in [1.807, 2.05) is 0 Å². The lowest BCUT2D eigenvalue weighted by Crippen LogP contribution is -2.12. The number of carbonyl (C=O) groups excluding carboxylic acids is 1. The van der Waals surface area contributed by atoms with Crippen LogP contribution in [0.2, 0.25) is 0 Å². The SMILES string of the molecule is CCCCC/C=C/CCCCCCCCCCCOC(=O)c1ccccc1C(=O)O. The topological polar surface area (TPSA) is 63.6 Å². The van der Waals surface area contributed by atoms with Gasteiger partial charge in [-0.05, 0) is 44.2 Å². The van der Waals surface area contributed by atoms with E-state index < -0.39 is 11.9 Å². The second-order valence-electron chi connectivity index (χ2n) is 7.92. The number of rotatable bonds is 18. The largest absolute Gasteiger partial charge is 0.478 e. The van der Waals surface area contributed by atoms with Crippen LogP contribution in [0.3, 0.4) is 0 Å². The van der Waals surface area contributed by atoms with Gasteiger partial charge in [-0.3, -0.25) is 0 Å². The van der Waals surface area contributed by atoms with E-state index in [2.05, 4.69) is 19.1 Å². The first-order valence-corrected chi connectivity index (χ1v) is 11.8. The molecule has 1 aromatic rings. The summed E-state index contributed by atoms with van der Waals surface area (Å²) in [5.41, 5.74) is 0.113. The highest BCUT2D eigenvalue weighted by Crippen LogP contribution is 2.13. The fraction of sp³-hybridized carbons (Fsp3) is 0.615. The summed E-state index contributed by atoms with van der Waals surface area (Å²) in [6, 6.07) is 6.17. The average Bonchev–Trinajstić information content (AvgIpc) is 2.75. The lowest BCUT2D eigenvalue weighted by atomic mass is 10.1. The lowest BCUT2D eigenvalue weighted by molar-refractivity contribution is 0.0487. The molecule has 0 spiro atoms. The Morgan fingerprint density at radius 1 is 0.767 bits per heavy atom. The van der Waals surface area contributed by atoms with Crippen LogP contribution in [0.15, 0.2) is 36.4 Å². The van der Waals surface area contributed by atoms with Crippen LogP contribution in [-0.2, 0) is 4.74 Å². The fourth-order valence-electron chi connectivity index (χ4n) is 3.44. The Balaban J connectivity index is 1.92. The van der Waals surface area contributed by atoms with Gasteiger partial charge in [-0.2, -0.15) is 0 Å². The molecular formula is C26H40O4. The zero-order chi connectivity index (χ0) is 21.9. The van der Waals surface area contributed by atoms with Crippen LogP contribution in [-0.4, -0.2) is 23.7 Å². The van der Waals surface area contributed by atoms with Crippen LogP contribution in [0.5, 0.6) is 0 Å². The number of hydrogen-bond donors (Lipinski definition) is 1. The Morgan fingerprint density at radius 3 is 1.83 bits per heavy atom. The van der Waals surface area contributed by atoms with Gasteiger partial charge in [-0.25, -0.2) is 9.59 Å². The van der Waals surface area contributed by atoms with Gasteiger partial charge in [0.2, 0.25) is 0 Å². The quantitative estimate of drug-likeness (QED) is 0.152. The van der Waals surface area contributed by atoms with Crippen molar-refractivity contribution in [3.05, 3.63) is 47.5 Å². The van der Waals surface area contributed by atoms with E-state index in [4.69, 9.17) is 9.84 Å². The van der Waals surface area contributed by atoms with Crippen molar-refractivity contribution >= 4 is 11.9 Å². The van der Waals surface area contributed by atoms with Crippen LogP contribution < -0.4 is 0 Å². The van der Waals surface area contributed by atoms with E-state index >= 15 is 0 Å². The predicted molar refractivity (Wildman–Crippen MR) is 123 cm³/mol. The van der Waals surface area contributed by atoms with Crippen LogP contribution in [0.25, 0.3) is 0 Å². The number of carboxylic acids is 1. The Bertz CT molecular complexity index is 621. The predicted octanol–water partition coefficient (Wildman–Crippen LogP) is 7.58. The zero-order valence-corrected chi connectivity index (χ0v) is 18.7. The highest BCUT2D eigenvalue weighted by Gasteiger charge is 2.16. The molecule has 4 heteroatoms. The van der Waals surface area contributed by atoms with Gasteiger partial charge in [0.15, 0.2) is 0 Å². The maximum atomic E-state index is 12.0. The molecule has 168 valence electrons. The Labute approximate surface area is 182 Å². The first-order chi connectivity index (χ1) is 14.7. The molecule has 0 amide bonds. The van der Waals surface area contributed by atoms with Crippen LogP contribution >= 0.6 is 0 Å². The first-order valence-electron chi connectivity index (χ1n) is 11.8. The second-order valence-corrected chi connectivity index (χ2v) is 7.92. The highest BCUT2D eigenvalue weighted by molar-refractivity contribution is 6.02. The smallest absolute Gasteiger partial charge is 0.339 e. The number of ether oxygens (including phenoxy) is 1. The van der Waals surface area contributed by atoms with Gasteiger partial charge in [0.1, 0.15) is 0 Å². The number of carboxylic acid groups (broad SMARTS) is 1. The van der Waals surface area contributed by atoms with E-state index in [9.17, 15) is 9.59 Å². The van der Waals surface area contributed by atoms with Gasteiger partial charge in [0.25, 0.3) is 0 Å². The summed E-state index contributed by atoms with van der Waals surface area (Å²) < 4.78 is 5.23. The van der Waals surface area contributed by atoms with Crippen molar-refractivity contribution in [3.8, 4) is 0 Å². The third-order valence-corrected chi connectivity index (χ3v) is 5.27. The standard InChI is InChI=1S/C26H40O4/c1-2-3-4-5-6-7-8-9-10-11-12-13-14-15-16-19-22-30-26(29)24-21-18-17-20-23(24)25(27)28/h6-7,17-18,20-21H,2-5,8-16,19,22H2,1H3,(H,27,28)/b7-6+. The molecule has 0 aromatic heterocycles. The maximum Gasteiger partial charge on any atom is 0.339 e.